The Morgan fingerprint density at radius 1 is 1.25 bits per heavy atom. The SMILES string of the molecule is C[I-]CCCCCN. The van der Waals surface area contributed by atoms with Crippen LogP contribution in [-0.2, 0) is 0 Å². The van der Waals surface area contributed by atoms with Gasteiger partial charge in [-0.05, 0) is 0 Å². The summed E-state index contributed by atoms with van der Waals surface area (Å²) in [5, 5.41) is 0. The summed E-state index contributed by atoms with van der Waals surface area (Å²) < 4.78 is 1.48. The molecule has 0 bridgehead atoms. The molecular weight excluding hydrogens is 213 g/mol. The van der Waals surface area contributed by atoms with Gasteiger partial charge in [-0.25, -0.2) is 0 Å². The van der Waals surface area contributed by atoms with E-state index in [1.54, 1.807) is 0 Å². The minimum atomic E-state index is 0.549. The van der Waals surface area contributed by atoms with E-state index >= 15 is 0 Å². The van der Waals surface area contributed by atoms with Crippen molar-refractivity contribution in [2.24, 2.45) is 5.73 Å². The first-order valence-electron chi connectivity index (χ1n) is 3.05. The molecule has 0 aliphatic heterocycles. The fourth-order valence-corrected chi connectivity index (χ4v) is 1.85. The van der Waals surface area contributed by atoms with Gasteiger partial charge in [0.1, 0.15) is 0 Å². The number of alkyl halides is 2. The van der Waals surface area contributed by atoms with Gasteiger partial charge in [0, 0.05) is 0 Å². The van der Waals surface area contributed by atoms with Crippen LogP contribution in [0.25, 0.3) is 0 Å². The zero-order chi connectivity index (χ0) is 6.24. The van der Waals surface area contributed by atoms with Crippen LogP contribution in [0.1, 0.15) is 19.3 Å². The molecule has 0 aliphatic rings. The van der Waals surface area contributed by atoms with E-state index in [1.807, 2.05) is 0 Å². The Balaban J connectivity index is 2.53. The second-order valence-electron chi connectivity index (χ2n) is 1.81. The summed E-state index contributed by atoms with van der Waals surface area (Å²) in [4.78, 5) is 2.33. The van der Waals surface area contributed by atoms with E-state index in [4.69, 9.17) is 5.73 Å². The molecule has 2 N–H and O–H groups in total. The minimum absolute atomic E-state index is 0.549. The molecule has 0 radical (unpaired) electrons. The summed E-state index contributed by atoms with van der Waals surface area (Å²) in [7, 11) is 0. The fourth-order valence-electron chi connectivity index (χ4n) is 0.549. The summed E-state index contributed by atoms with van der Waals surface area (Å²) in [6.45, 7) is 0.877. The van der Waals surface area contributed by atoms with Crippen LogP contribution in [0.15, 0.2) is 0 Å². The molecule has 0 aromatic carbocycles. The molecule has 0 atom stereocenters. The Hall–Kier alpha value is 0.690. The summed E-state index contributed by atoms with van der Waals surface area (Å²) in [6.07, 6.45) is 3.99. The topological polar surface area (TPSA) is 26.0 Å². The molecule has 0 fully saturated rings. The molecule has 0 amide bonds. The zero-order valence-electron chi connectivity index (χ0n) is 5.49. The molecular formula is C6H15IN-. The van der Waals surface area contributed by atoms with Crippen molar-refractivity contribution < 1.29 is 21.2 Å². The van der Waals surface area contributed by atoms with Crippen LogP contribution in [0, 0.1) is 0 Å². The Kier molecular flexibility index (Phi) is 8.35. The van der Waals surface area contributed by atoms with Gasteiger partial charge >= 0.3 is 62.1 Å². The predicted molar refractivity (Wildman–Crippen MR) is 33.7 cm³/mol. The number of halogens is 1. The van der Waals surface area contributed by atoms with Crippen LogP contribution in [0.2, 0.25) is 0 Å². The molecule has 2 heteroatoms. The third-order valence-electron chi connectivity index (χ3n) is 1.03. The van der Waals surface area contributed by atoms with Crippen LogP contribution >= 0.6 is 0 Å². The standard InChI is InChI=1S/C6H15IN/c1-7-5-3-2-4-6-8/h2-6,8H2,1H3/q-1. The fraction of sp³-hybridized carbons (Fsp3) is 1.00. The molecule has 0 saturated heterocycles. The molecule has 1 nitrogen and oxygen atoms in total. The Labute approximate surface area is 62.3 Å². The Bertz CT molecular complexity index is 33.5. The number of unbranched alkanes of at least 4 members (excludes halogenated alkanes) is 2. The molecule has 52 valence electrons. The summed E-state index contributed by atoms with van der Waals surface area (Å²) in [5.41, 5.74) is 5.32. The quantitative estimate of drug-likeness (QED) is 0.323. The van der Waals surface area contributed by atoms with Crippen molar-refractivity contribution in [3.8, 4) is 0 Å². The third kappa shape index (κ3) is 6.69. The van der Waals surface area contributed by atoms with Crippen molar-refractivity contribution in [3.63, 3.8) is 0 Å². The van der Waals surface area contributed by atoms with Crippen LogP contribution in [0.4, 0.5) is 0 Å². The summed E-state index contributed by atoms with van der Waals surface area (Å²) in [5.74, 6) is 0. The van der Waals surface area contributed by atoms with Crippen molar-refractivity contribution in [1.29, 1.82) is 0 Å². The average molecular weight is 228 g/mol. The van der Waals surface area contributed by atoms with E-state index in [0.29, 0.717) is 21.2 Å². The van der Waals surface area contributed by atoms with Crippen molar-refractivity contribution in [1.82, 2.24) is 0 Å². The first-order valence-corrected chi connectivity index (χ1v) is 6.74. The second-order valence-corrected chi connectivity index (χ2v) is 4.41. The summed E-state index contributed by atoms with van der Waals surface area (Å²) in [6, 6.07) is 0. The molecule has 0 aromatic heterocycles. The normalized spacial score (nSPS) is 10.2. The molecule has 0 unspecified atom stereocenters. The first kappa shape index (κ1) is 8.69. The molecule has 0 aromatic rings. The van der Waals surface area contributed by atoms with Gasteiger partial charge in [-0.15, -0.1) is 0 Å². The van der Waals surface area contributed by atoms with Gasteiger partial charge in [-0.3, -0.25) is 0 Å². The number of hydrogen-bond donors (Lipinski definition) is 1. The van der Waals surface area contributed by atoms with Gasteiger partial charge in [0.15, 0.2) is 0 Å². The zero-order valence-corrected chi connectivity index (χ0v) is 7.65. The maximum atomic E-state index is 5.32. The maximum absolute atomic E-state index is 5.32. The van der Waals surface area contributed by atoms with Gasteiger partial charge in [-0.2, -0.15) is 0 Å². The van der Waals surface area contributed by atoms with Crippen molar-refractivity contribution in [2.75, 3.05) is 15.9 Å². The van der Waals surface area contributed by atoms with Crippen LogP contribution in [0.3, 0.4) is 0 Å². The van der Waals surface area contributed by atoms with E-state index in [9.17, 15) is 0 Å². The summed E-state index contributed by atoms with van der Waals surface area (Å²) >= 11 is 0.549. The van der Waals surface area contributed by atoms with E-state index in [1.165, 1.54) is 23.7 Å². The molecule has 0 rings (SSSR count). The van der Waals surface area contributed by atoms with E-state index in [0.717, 1.165) is 6.54 Å². The molecule has 0 aliphatic carbocycles. The average Bonchev–Trinajstić information content (AvgIpc) is 1.81. The van der Waals surface area contributed by atoms with Crippen molar-refractivity contribution in [2.45, 2.75) is 19.3 Å². The number of nitrogens with two attached hydrogens (primary N) is 1. The Morgan fingerprint density at radius 2 is 2.00 bits per heavy atom. The van der Waals surface area contributed by atoms with Crippen LogP contribution < -0.4 is 26.9 Å². The van der Waals surface area contributed by atoms with Crippen LogP contribution in [0.5, 0.6) is 0 Å². The van der Waals surface area contributed by atoms with E-state index in [-0.39, 0.29) is 0 Å². The van der Waals surface area contributed by atoms with Crippen molar-refractivity contribution >= 4 is 0 Å². The van der Waals surface area contributed by atoms with E-state index in [2.05, 4.69) is 4.93 Å². The van der Waals surface area contributed by atoms with Gasteiger partial charge in [0.25, 0.3) is 0 Å². The molecule has 0 saturated carbocycles. The molecule has 8 heavy (non-hydrogen) atoms. The second kappa shape index (κ2) is 7.69. The third-order valence-corrected chi connectivity index (χ3v) is 2.87. The van der Waals surface area contributed by atoms with Gasteiger partial charge in [0.05, 0.1) is 0 Å². The van der Waals surface area contributed by atoms with Gasteiger partial charge in [-0.1, -0.05) is 0 Å². The van der Waals surface area contributed by atoms with Crippen LogP contribution in [-0.4, -0.2) is 15.9 Å². The number of hydrogen-bond acceptors (Lipinski definition) is 1. The molecule has 0 heterocycles. The van der Waals surface area contributed by atoms with Gasteiger partial charge < -0.3 is 0 Å². The number of rotatable bonds is 5. The van der Waals surface area contributed by atoms with E-state index < -0.39 is 0 Å². The Morgan fingerprint density at radius 3 is 2.50 bits per heavy atom. The first-order chi connectivity index (χ1) is 3.91. The monoisotopic (exact) mass is 228 g/mol. The van der Waals surface area contributed by atoms with Gasteiger partial charge in [0.2, 0.25) is 0 Å². The van der Waals surface area contributed by atoms with Crippen molar-refractivity contribution in [3.05, 3.63) is 0 Å². The predicted octanol–water partition coefficient (Wildman–Crippen LogP) is -2.17. The molecule has 0 spiro atoms.